The Morgan fingerprint density at radius 3 is 2.00 bits per heavy atom. The number of urea groups is 2. The molecule has 2 unspecified atom stereocenters. The average Bonchev–Trinajstić information content (AvgIpc) is 3.03. The van der Waals surface area contributed by atoms with Gasteiger partial charge in [-0.1, -0.05) is 0 Å². The lowest BCUT2D eigenvalue weighted by atomic mass is 10.0. The summed E-state index contributed by atoms with van der Waals surface area (Å²) in [6.07, 6.45) is -1.33. The minimum absolute atomic E-state index is 0.0551. The predicted octanol–water partition coefficient (Wildman–Crippen LogP) is 1.42. The smallest absolute Gasteiger partial charge is 0.332 e. The summed E-state index contributed by atoms with van der Waals surface area (Å²) in [7, 11) is 0. The van der Waals surface area contributed by atoms with Crippen molar-refractivity contribution in [2.24, 2.45) is 0 Å². The molecule has 0 aromatic carbocycles. The molecule has 0 aromatic rings. The van der Waals surface area contributed by atoms with Gasteiger partial charge < -0.3 is 9.84 Å². The molecule has 7 heteroatoms. The highest BCUT2D eigenvalue weighted by Crippen LogP contribution is 2.31. The molecule has 1 N–H and O–H groups in total. The number of hydrogen-bond donors (Lipinski definition) is 1. The van der Waals surface area contributed by atoms with Crippen LogP contribution in [0.3, 0.4) is 0 Å². The number of ether oxygens (including phenoxy) is 1. The lowest BCUT2D eigenvalue weighted by Crippen LogP contribution is -2.73. The van der Waals surface area contributed by atoms with Crippen LogP contribution in [0.2, 0.25) is 0 Å². The van der Waals surface area contributed by atoms with Gasteiger partial charge in [-0.3, -0.25) is 9.80 Å². The van der Waals surface area contributed by atoms with Crippen LogP contribution >= 0.6 is 0 Å². The fourth-order valence-electron chi connectivity index (χ4n) is 2.43. The van der Waals surface area contributed by atoms with Crippen LogP contribution in [-0.4, -0.2) is 68.6 Å². The Morgan fingerprint density at radius 1 is 1.10 bits per heavy atom. The number of rotatable bonds is 2. The summed E-state index contributed by atoms with van der Waals surface area (Å²) >= 11 is 0. The number of carbonyl (C=O) groups excluding carboxylic acids is 2. The van der Waals surface area contributed by atoms with E-state index in [4.69, 9.17) is 4.74 Å². The van der Waals surface area contributed by atoms with Crippen molar-refractivity contribution in [1.29, 1.82) is 0 Å². The molecule has 0 radical (unpaired) electrons. The molecule has 2 atom stereocenters. The van der Waals surface area contributed by atoms with E-state index >= 15 is 0 Å². The van der Waals surface area contributed by atoms with Crippen LogP contribution in [0.15, 0.2) is 0 Å². The maximum absolute atomic E-state index is 12.7. The SMILES string of the molecule is CC(C)(C)N1C(=O)N(CC2CO2)C(O)N(C(C)(C)C)C1=O. The van der Waals surface area contributed by atoms with E-state index < -0.39 is 29.5 Å². The summed E-state index contributed by atoms with van der Waals surface area (Å²) < 4.78 is 5.15. The summed E-state index contributed by atoms with van der Waals surface area (Å²) in [5.41, 5.74) is -1.27. The van der Waals surface area contributed by atoms with Gasteiger partial charge in [-0.25, -0.2) is 14.5 Å². The van der Waals surface area contributed by atoms with Gasteiger partial charge in [0.1, 0.15) is 0 Å². The maximum atomic E-state index is 12.7. The Kier molecular flexibility index (Phi) is 3.70. The van der Waals surface area contributed by atoms with Crippen LogP contribution in [0.25, 0.3) is 0 Å². The fraction of sp³-hybridized carbons (Fsp3) is 0.857. The molecule has 0 saturated carbocycles. The summed E-state index contributed by atoms with van der Waals surface area (Å²) in [6, 6.07) is -0.948. The number of amides is 4. The van der Waals surface area contributed by atoms with E-state index in [0.717, 1.165) is 0 Å². The van der Waals surface area contributed by atoms with E-state index in [2.05, 4.69) is 0 Å². The quantitative estimate of drug-likeness (QED) is 0.782. The number of epoxide rings is 1. The Labute approximate surface area is 125 Å². The molecule has 7 nitrogen and oxygen atoms in total. The lowest BCUT2D eigenvalue weighted by Gasteiger charge is -2.52. The third-order valence-electron chi connectivity index (χ3n) is 3.54. The molecule has 2 rings (SSSR count). The van der Waals surface area contributed by atoms with Gasteiger partial charge in [-0.05, 0) is 41.5 Å². The number of aliphatic hydroxyl groups excluding tert-OH is 1. The molecular formula is C14H25N3O4. The van der Waals surface area contributed by atoms with Crippen molar-refractivity contribution < 1.29 is 19.4 Å². The van der Waals surface area contributed by atoms with Gasteiger partial charge in [0.25, 0.3) is 0 Å². The second kappa shape index (κ2) is 4.84. The number of nitrogens with zero attached hydrogens (tertiary/aromatic N) is 3. The number of carbonyl (C=O) groups is 2. The molecule has 2 heterocycles. The second-order valence-electron chi connectivity index (χ2n) is 7.57. The lowest BCUT2D eigenvalue weighted by molar-refractivity contribution is -0.130. The summed E-state index contributed by atoms with van der Waals surface area (Å²) in [5.74, 6) is 0. The molecule has 2 fully saturated rings. The molecule has 0 aromatic heterocycles. The topological polar surface area (TPSA) is 76.6 Å². The standard InChI is InChI=1S/C14H25N3O4/c1-13(2,3)16-10(18)15(7-9-8-21-9)11(19)17(12(16)20)14(4,5)6/h9-10,18H,7-8H2,1-6H3. The van der Waals surface area contributed by atoms with E-state index in [9.17, 15) is 14.7 Å². The molecule has 2 aliphatic heterocycles. The predicted molar refractivity (Wildman–Crippen MR) is 76.4 cm³/mol. The molecule has 0 bridgehead atoms. The summed E-state index contributed by atoms with van der Waals surface area (Å²) in [5, 5.41) is 10.5. The van der Waals surface area contributed by atoms with Crippen LogP contribution in [0.1, 0.15) is 41.5 Å². The Balaban J connectivity index is 2.39. The largest absolute Gasteiger partial charge is 0.371 e. The molecular weight excluding hydrogens is 274 g/mol. The van der Waals surface area contributed by atoms with Crippen molar-refractivity contribution in [3.63, 3.8) is 0 Å². The van der Waals surface area contributed by atoms with Crippen LogP contribution in [0.5, 0.6) is 0 Å². The van der Waals surface area contributed by atoms with Gasteiger partial charge in [0.2, 0.25) is 6.35 Å². The Morgan fingerprint density at radius 2 is 1.62 bits per heavy atom. The zero-order chi connectivity index (χ0) is 16.2. The Bertz CT molecular complexity index is 448. The Hall–Kier alpha value is -1.34. The van der Waals surface area contributed by atoms with Crippen molar-refractivity contribution in [1.82, 2.24) is 14.7 Å². The average molecular weight is 299 g/mol. The maximum Gasteiger partial charge on any atom is 0.332 e. The molecule has 0 spiro atoms. The van der Waals surface area contributed by atoms with Gasteiger partial charge in [0.15, 0.2) is 0 Å². The first-order valence-corrected chi connectivity index (χ1v) is 7.18. The number of aliphatic hydroxyl groups is 1. The third-order valence-corrected chi connectivity index (χ3v) is 3.54. The van der Waals surface area contributed by atoms with Gasteiger partial charge in [-0.2, -0.15) is 0 Å². The minimum Gasteiger partial charge on any atom is -0.371 e. The monoisotopic (exact) mass is 299 g/mol. The number of hydrogen-bond acceptors (Lipinski definition) is 4. The first-order chi connectivity index (χ1) is 9.44. The van der Waals surface area contributed by atoms with Crippen LogP contribution in [-0.2, 0) is 4.74 Å². The molecule has 120 valence electrons. The van der Waals surface area contributed by atoms with E-state index in [1.54, 1.807) is 20.8 Å². The van der Waals surface area contributed by atoms with Crippen molar-refractivity contribution in [3.8, 4) is 0 Å². The molecule has 2 saturated heterocycles. The zero-order valence-electron chi connectivity index (χ0n) is 13.6. The summed E-state index contributed by atoms with van der Waals surface area (Å²) in [4.78, 5) is 29.2. The van der Waals surface area contributed by atoms with Crippen LogP contribution in [0, 0.1) is 0 Å². The van der Waals surface area contributed by atoms with Crippen LogP contribution in [0.4, 0.5) is 9.59 Å². The van der Waals surface area contributed by atoms with E-state index in [1.165, 1.54) is 14.7 Å². The van der Waals surface area contributed by atoms with Gasteiger partial charge in [-0.15, -0.1) is 0 Å². The summed E-state index contributed by atoms with van der Waals surface area (Å²) in [6.45, 7) is 11.7. The third kappa shape index (κ3) is 2.98. The van der Waals surface area contributed by atoms with Crippen molar-refractivity contribution in [3.05, 3.63) is 0 Å². The minimum atomic E-state index is -1.27. The van der Waals surface area contributed by atoms with Crippen molar-refractivity contribution in [2.45, 2.75) is 65.1 Å². The second-order valence-corrected chi connectivity index (χ2v) is 7.57. The first kappa shape index (κ1) is 16.0. The van der Waals surface area contributed by atoms with Crippen molar-refractivity contribution in [2.75, 3.05) is 13.2 Å². The first-order valence-electron chi connectivity index (χ1n) is 7.18. The fourth-order valence-corrected chi connectivity index (χ4v) is 2.43. The normalized spacial score (nSPS) is 27.5. The molecule has 4 amide bonds. The number of imide groups is 1. The molecule has 0 aliphatic carbocycles. The van der Waals surface area contributed by atoms with Gasteiger partial charge in [0, 0.05) is 11.1 Å². The highest BCUT2D eigenvalue weighted by Gasteiger charge is 2.51. The molecule has 2 aliphatic rings. The van der Waals surface area contributed by atoms with Gasteiger partial charge >= 0.3 is 12.1 Å². The molecule has 21 heavy (non-hydrogen) atoms. The van der Waals surface area contributed by atoms with E-state index in [0.29, 0.717) is 6.61 Å². The van der Waals surface area contributed by atoms with Crippen LogP contribution < -0.4 is 0 Å². The highest BCUT2D eigenvalue weighted by molar-refractivity contribution is 5.97. The van der Waals surface area contributed by atoms with E-state index in [1.807, 2.05) is 20.8 Å². The van der Waals surface area contributed by atoms with Gasteiger partial charge in [0.05, 0.1) is 19.3 Å². The van der Waals surface area contributed by atoms with Crippen molar-refractivity contribution >= 4 is 12.1 Å². The zero-order valence-corrected chi connectivity index (χ0v) is 13.6. The van der Waals surface area contributed by atoms with E-state index in [-0.39, 0.29) is 12.6 Å². The highest BCUT2D eigenvalue weighted by atomic mass is 16.6.